The molecule has 0 fully saturated rings. The molecule has 0 atom stereocenters. The maximum Gasteiger partial charge on any atom is 0.338 e. The van der Waals surface area contributed by atoms with E-state index in [1.165, 1.54) is 33.5 Å². The highest BCUT2D eigenvalue weighted by atomic mass is 32.2. The van der Waals surface area contributed by atoms with Crippen LogP contribution in [0, 0.1) is 11.3 Å². The fourth-order valence-corrected chi connectivity index (χ4v) is 5.36. The molecule has 3 aromatic rings. The summed E-state index contributed by atoms with van der Waals surface area (Å²) >= 11 is 0. The average molecular weight is 490 g/mol. The first kappa shape index (κ1) is 24.1. The minimum Gasteiger partial charge on any atom is -0.452 e. The van der Waals surface area contributed by atoms with Crippen LogP contribution in [0.25, 0.3) is 0 Å². The number of para-hydroxylation sites is 1. The van der Waals surface area contributed by atoms with Gasteiger partial charge in [-0.2, -0.15) is 9.57 Å². The van der Waals surface area contributed by atoms with Crippen molar-refractivity contribution in [1.82, 2.24) is 4.31 Å². The molecule has 1 heterocycles. The minimum atomic E-state index is -3.83. The topological polar surface area (TPSA) is 108 Å². The molecule has 3 aromatic carbocycles. The number of benzene rings is 3. The fraction of sp³-hybridized carbons (Fsp3) is 0.192. The van der Waals surface area contributed by atoms with E-state index in [4.69, 9.17) is 10.00 Å². The van der Waals surface area contributed by atoms with E-state index in [0.717, 1.165) is 11.1 Å². The quantitative estimate of drug-likeness (QED) is 0.373. The van der Waals surface area contributed by atoms with E-state index in [0.29, 0.717) is 18.7 Å². The SMILES string of the molecule is N#CCN(C(=O)COC(=O)c1cccc(S(=O)(=O)N2CCc3ccccc3C2)c1)c1ccccc1. The monoisotopic (exact) mass is 489 g/mol. The van der Waals surface area contributed by atoms with E-state index >= 15 is 0 Å². The number of rotatable bonds is 7. The summed E-state index contributed by atoms with van der Waals surface area (Å²) in [4.78, 5) is 26.4. The lowest BCUT2D eigenvalue weighted by atomic mass is 10.0. The number of nitriles is 1. The third-order valence-electron chi connectivity index (χ3n) is 5.73. The number of esters is 1. The van der Waals surface area contributed by atoms with Crippen molar-refractivity contribution in [3.63, 3.8) is 0 Å². The molecular weight excluding hydrogens is 466 g/mol. The van der Waals surface area contributed by atoms with E-state index < -0.39 is 28.5 Å². The Morgan fingerprint density at radius 1 is 0.971 bits per heavy atom. The van der Waals surface area contributed by atoms with Crippen LogP contribution in [-0.2, 0) is 32.5 Å². The van der Waals surface area contributed by atoms with Crippen molar-refractivity contribution < 1.29 is 22.7 Å². The summed E-state index contributed by atoms with van der Waals surface area (Å²) in [6, 6.07) is 23.8. The normalized spacial score (nSPS) is 13.3. The smallest absolute Gasteiger partial charge is 0.338 e. The second-order valence-corrected chi connectivity index (χ2v) is 9.87. The van der Waals surface area contributed by atoms with Crippen molar-refractivity contribution in [3.05, 3.63) is 95.6 Å². The molecule has 0 saturated heterocycles. The highest BCUT2D eigenvalue weighted by Gasteiger charge is 2.29. The molecule has 1 aliphatic rings. The summed E-state index contributed by atoms with van der Waals surface area (Å²) in [5.41, 5.74) is 2.60. The maximum atomic E-state index is 13.2. The number of amides is 1. The standard InChI is InChI=1S/C26H23N3O5S/c27-14-16-29(23-10-2-1-3-11-23)25(30)19-34-26(31)21-9-6-12-24(17-21)35(32,33)28-15-13-20-7-4-5-8-22(20)18-28/h1-12,17H,13,15-16,18-19H2. The van der Waals surface area contributed by atoms with Gasteiger partial charge in [0.2, 0.25) is 10.0 Å². The van der Waals surface area contributed by atoms with Crippen LogP contribution in [0.1, 0.15) is 21.5 Å². The van der Waals surface area contributed by atoms with E-state index in [9.17, 15) is 18.0 Å². The molecule has 178 valence electrons. The lowest BCUT2D eigenvalue weighted by molar-refractivity contribution is -0.121. The van der Waals surface area contributed by atoms with Crippen LogP contribution < -0.4 is 4.90 Å². The van der Waals surface area contributed by atoms with Crippen molar-refractivity contribution in [3.8, 4) is 6.07 Å². The van der Waals surface area contributed by atoms with Crippen LogP contribution in [0.5, 0.6) is 0 Å². The molecule has 0 saturated carbocycles. The molecule has 0 bridgehead atoms. The number of sulfonamides is 1. The number of carbonyl (C=O) groups excluding carboxylic acids is 2. The van der Waals surface area contributed by atoms with Crippen LogP contribution >= 0.6 is 0 Å². The second kappa shape index (κ2) is 10.5. The molecule has 0 N–H and O–H groups in total. The first-order chi connectivity index (χ1) is 16.9. The van der Waals surface area contributed by atoms with Gasteiger partial charge in [-0.15, -0.1) is 0 Å². The summed E-state index contributed by atoms with van der Waals surface area (Å²) in [6.07, 6.45) is 0.611. The van der Waals surface area contributed by atoms with E-state index in [-0.39, 0.29) is 23.5 Å². The second-order valence-electron chi connectivity index (χ2n) is 7.93. The predicted octanol–water partition coefficient (Wildman–Crippen LogP) is 3.15. The van der Waals surface area contributed by atoms with Gasteiger partial charge < -0.3 is 4.74 Å². The minimum absolute atomic E-state index is 0.0165. The van der Waals surface area contributed by atoms with Gasteiger partial charge >= 0.3 is 5.97 Å². The average Bonchev–Trinajstić information content (AvgIpc) is 2.90. The van der Waals surface area contributed by atoms with Crippen LogP contribution in [0.15, 0.2) is 83.8 Å². The van der Waals surface area contributed by atoms with Crippen LogP contribution in [0.4, 0.5) is 5.69 Å². The molecule has 9 heteroatoms. The van der Waals surface area contributed by atoms with Gasteiger partial charge in [-0.25, -0.2) is 13.2 Å². The van der Waals surface area contributed by atoms with E-state index in [1.54, 1.807) is 30.3 Å². The summed E-state index contributed by atoms with van der Waals surface area (Å²) in [7, 11) is -3.83. The third kappa shape index (κ3) is 5.40. The molecule has 0 unspecified atom stereocenters. The zero-order valence-electron chi connectivity index (χ0n) is 18.8. The lowest BCUT2D eigenvalue weighted by Gasteiger charge is -2.28. The van der Waals surface area contributed by atoms with Gasteiger partial charge in [-0.3, -0.25) is 9.69 Å². The molecule has 4 rings (SSSR count). The van der Waals surface area contributed by atoms with E-state index in [2.05, 4.69) is 0 Å². The zero-order valence-corrected chi connectivity index (χ0v) is 19.6. The van der Waals surface area contributed by atoms with Crippen molar-refractivity contribution in [2.75, 3.05) is 24.6 Å². The Labute approximate surface area is 204 Å². The number of nitrogens with zero attached hydrogens (tertiary/aromatic N) is 3. The first-order valence-corrected chi connectivity index (χ1v) is 12.4. The van der Waals surface area contributed by atoms with Crippen molar-refractivity contribution in [1.29, 1.82) is 5.26 Å². The van der Waals surface area contributed by atoms with Crippen molar-refractivity contribution in [2.45, 2.75) is 17.9 Å². The summed E-state index contributed by atoms with van der Waals surface area (Å²) in [5.74, 6) is -1.40. The van der Waals surface area contributed by atoms with Gasteiger partial charge in [0.1, 0.15) is 6.54 Å². The maximum absolute atomic E-state index is 13.2. The van der Waals surface area contributed by atoms with Crippen molar-refractivity contribution >= 4 is 27.6 Å². The lowest BCUT2D eigenvalue weighted by Crippen LogP contribution is -2.36. The van der Waals surface area contributed by atoms with Crippen LogP contribution in [0.2, 0.25) is 0 Å². The Bertz CT molecular complexity index is 1380. The molecule has 0 spiro atoms. The van der Waals surface area contributed by atoms with Gasteiger partial charge in [0.25, 0.3) is 5.91 Å². The van der Waals surface area contributed by atoms with Crippen LogP contribution in [-0.4, -0.2) is 44.3 Å². The number of ether oxygens (including phenoxy) is 1. The summed E-state index contributed by atoms with van der Waals surface area (Å²) in [6.45, 7) is -0.186. The van der Waals surface area contributed by atoms with Gasteiger partial charge in [-0.05, 0) is 47.9 Å². The molecule has 0 radical (unpaired) electrons. The summed E-state index contributed by atoms with van der Waals surface area (Å²) < 4.78 is 33.0. The molecule has 0 aliphatic carbocycles. The van der Waals surface area contributed by atoms with E-state index in [1.807, 2.05) is 30.3 Å². The van der Waals surface area contributed by atoms with Gasteiger partial charge in [0, 0.05) is 18.8 Å². The Kier molecular flexibility index (Phi) is 7.25. The molecule has 8 nitrogen and oxygen atoms in total. The number of carbonyl (C=O) groups is 2. The Morgan fingerprint density at radius 3 is 2.43 bits per heavy atom. The number of fused-ring (bicyclic) bond motifs is 1. The molecule has 0 aromatic heterocycles. The van der Waals surface area contributed by atoms with Gasteiger partial charge in [0.15, 0.2) is 6.61 Å². The number of hydrogen-bond donors (Lipinski definition) is 0. The molecular formula is C26H23N3O5S. The predicted molar refractivity (Wildman–Crippen MR) is 129 cm³/mol. The first-order valence-electron chi connectivity index (χ1n) is 11.0. The molecule has 1 aliphatic heterocycles. The Morgan fingerprint density at radius 2 is 1.69 bits per heavy atom. The zero-order chi connectivity index (χ0) is 24.8. The Balaban J connectivity index is 1.45. The highest BCUT2D eigenvalue weighted by molar-refractivity contribution is 7.89. The Hall–Kier alpha value is -4.00. The summed E-state index contributed by atoms with van der Waals surface area (Å²) in [5, 5.41) is 9.06. The van der Waals surface area contributed by atoms with Gasteiger partial charge in [0.05, 0.1) is 16.5 Å². The fourth-order valence-electron chi connectivity index (χ4n) is 3.90. The molecule has 35 heavy (non-hydrogen) atoms. The number of anilines is 1. The number of hydrogen-bond acceptors (Lipinski definition) is 6. The van der Waals surface area contributed by atoms with Gasteiger partial charge in [-0.1, -0.05) is 48.5 Å². The highest BCUT2D eigenvalue weighted by Crippen LogP contribution is 2.25. The van der Waals surface area contributed by atoms with Crippen molar-refractivity contribution in [2.24, 2.45) is 0 Å². The largest absolute Gasteiger partial charge is 0.452 e. The third-order valence-corrected chi connectivity index (χ3v) is 7.57. The molecule has 1 amide bonds. The van der Waals surface area contributed by atoms with Crippen LogP contribution in [0.3, 0.4) is 0 Å².